The van der Waals surface area contributed by atoms with Gasteiger partial charge >= 0.3 is 0 Å². The van der Waals surface area contributed by atoms with E-state index in [1.807, 2.05) is 6.07 Å². The number of benzene rings is 2. The van der Waals surface area contributed by atoms with Crippen molar-refractivity contribution in [2.75, 3.05) is 13.2 Å². The van der Waals surface area contributed by atoms with Crippen LogP contribution < -0.4 is 5.32 Å². The molecule has 2 aromatic carbocycles. The summed E-state index contributed by atoms with van der Waals surface area (Å²) in [4.78, 5) is 12.7. The van der Waals surface area contributed by atoms with Crippen molar-refractivity contribution in [2.24, 2.45) is 0 Å². The van der Waals surface area contributed by atoms with Gasteiger partial charge in [-0.1, -0.05) is 53.7 Å². The molecule has 1 fully saturated rings. The van der Waals surface area contributed by atoms with Crippen molar-refractivity contribution in [3.63, 3.8) is 0 Å². The van der Waals surface area contributed by atoms with E-state index in [1.165, 1.54) is 16.3 Å². The van der Waals surface area contributed by atoms with E-state index in [2.05, 4.69) is 53.7 Å². The minimum absolute atomic E-state index is 0.0568. The molecule has 1 saturated heterocycles. The summed E-state index contributed by atoms with van der Waals surface area (Å²) in [5.41, 5.74) is 1.73. The fourth-order valence-corrected chi connectivity index (χ4v) is 4.66. The summed E-state index contributed by atoms with van der Waals surface area (Å²) in [6.45, 7) is 5.68. The third-order valence-electron chi connectivity index (χ3n) is 6.17. The van der Waals surface area contributed by atoms with Gasteiger partial charge in [-0.05, 0) is 44.7 Å². The molecule has 1 aliphatic heterocycles. The highest BCUT2D eigenvalue weighted by atomic mass is 19.1. The molecule has 1 aliphatic rings. The standard InChI is InChI=1S/C25H29FN4O2/c1-24(2)18-25(13-15-32-24,20-9-4-3-5-10-20)12-14-27-23(31)22-17-30(29-28-22)16-19-8-6-7-11-21(19)26/h3-11,17H,12-16,18H2,1-2H3,(H,27,31)/t25-/m0/s1. The number of rotatable bonds is 7. The predicted octanol–water partition coefficient (Wildman–Crippen LogP) is 4.11. The lowest BCUT2D eigenvalue weighted by atomic mass is 9.67. The summed E-state index contributed by atoms with van der Waals surface area (Å²) >= 11 is 0. The van der Waals surface area contributed by atoms with Crippen LogP contribution in [0.3, 0.4) is 0 Å². The van der Waals surface area contributed by atoms with Crippen LogP contribution in [0.2, 0.25) is 0 Å². The van der Waals surface area contributed by atoms with Crippen LogP contribution in [0.4, 0.5) is 4.39 Å². The van der Waals surface area contributed by atoms with Crippen LogP contribution in [-0.2, 0) is 16.7 Å². The average Bonchev–Trinajstić information content (AvgIpc) is 3.24. The van der Waals surface area contributed by atoms with E-state index in [9.17, 15) is 9.18 Å². The summed E-state index contributed by atoms with van der Waals surface area (Å²) in [5.74, 6) is -0.584. The lowest BCUT2D eigenvalue weighted by molar-refractivity contribution is -0.0838. The highest BCUT2D eigenvalue weighted by Crippen LogP contribution is 2.43. The number of hydrogen-bond donors (Lipinski definition) is 1. The molecule has 4 rings (SSSR count). The van der Waals surface area contributed by atoms with Crippen molar-refractivity contribution >= 4 is 5.91 Å². The first-order valence-electron chi connectivity index (χ1n) is 11.0. The highest BCUT2D eigenvalue weighted by Gasteiger charge is 2.41. The van der Waals surface area contributed by atoms with E-state index >= 15 is 0 Å². The number of halogens is 1. The lowest BCUT2D eigenvalue weighted by Gasteiger charge is -2.45. The zero-order valence-electron chi connectivity index (χ0n) is 18.6. The van der Waals surface area contributed by atoms with Gasteiger partial charge in [-0.3, -0.25) is 4.79 Å². The highest BCUT2D eigenvalue weighted by molar-refractivity contribution is 5.91. The van der Waals surface area contributed by atoms with Crippen LogP contribution in [0, 0.1) is 5.82 Å². The SMILES string of the molecule is CC1(C)C[C@@](CCNC(=O)c2cn(Cc3ccccc3F)nn2)(c2ccccc2)CCO1. The minimum Gasteiger partial charge on any atom is -0.376 e. The molecule has 0 spiro atoms. The molecular formula is C25H29FN4O2. The second-order valence-corrected chi connectivity index (χ2v) is 9.08. The zero-order chi connectivity index (χ0) is 22.6. The first kappa shape index (κ1) is 22.1. The van der Waals surface area contributed by atoms with Gasteiger partial charge in [0.05, 0.1) is 18.3 Å². The molecule has 0 bridgehead atoms. The van der Waals surface area contributed by atoms with E-state index in [-0.39, 0.29) is 35.0 Å². The number of ether oxygens (including phenoxy) is 1. The van der Waals surface area contributed by atoms with Gasteiger partial charge in [0, 0.05) is 24.1 Å². The van der Waals surface area contributed by atoms with Gasteiger partial charge in [0.1, 0.15) is 5.82 Å². The quantitative estimate of drug-likeness (QED) is 0.605. The molecule has 7 heteroatoms. The molecule has 0 radical (unpaired) electrons. The Labute approximate surface area is 187 Å². The third kappa shape index (κ3) is 5.05. The van der Waals surface area contributed by atoms with Crippen LogP contribution in [0.15, 0.2) is 60.8 Å². The van der Waals surface area contributed by atoms with Gasteiger partial charge < -0.3 is 10.1 Å². The van der Waals surface area contributed by atoms with Gasteiger partial charge in [0.15, 0.2) is 5.69 Å². The maximum absolute atomic E-state index is 13.9. The molecule has 1 atom stereocenters. The minimum atomic E-state index is -0.306. The second kappa shape index (κ2) is 9.20. The number of nitrogens with zero attached hydrogens (tertiary/aromatic N) is 3. The number of hydrogen-bond acceptors (Lipinski definition) is 4. The largest absolute Gasteiger partial charge is 0.376 e. The molecule has 32 heavy (non-hydrogen) atoms. The monoisotopic (exact) mass is 436 g/mol. The molecule has 0 unspecified atom stereocenters. The van der Waals surface area contributed by atoms with Crippen molar-refractivity contribution in [1.82, 2.24) is 20.3 Å². The van der Waals surface area contributed by atoms with E-state index in [4.69, 9.17) is 4.74 Å². The summed E-state index contributed by atoms with van der Waals surface area (Å²) in [5, 5.41) is 10.9. The predicted molar refractivity (Wildman–Crippen MR) is 120 cm³/mol. The summed E-state index contributed by atoms with van der Waals surface area (Å²) in [7, 11) is 0. The first-order valence-corrected chi connectivity index (χ1v) is 11.0. The third-order valence-corrected chi connectivity index (χ3v) is 6.17. The molecule has 1 amide bonds. The van der Waals surface area contributed by atoms with Gasteiger partial charge in [0.25, 0.3) is 5.91 Å². The van der Waals surface area contributed by atoms with Crippen molar-refractivity contribution in [3.8, 4) is 0 Å². The van der Waals surface area contributed by atoms with Crippen molar-refractivity contribution < 1.29 is 13.9 Å². The van der Waals surface area contributed by atoms with Crippen LogP contribution in [0.5, 0.6) is 0 Å². The Bertz CT molecular complexity index is 1070. The molecule has 6 nitrogen and oxygen atoms in total. The van der Waals surface area contributed by atoms with Gasteiger partial charge in [-0.2, -0.15) is 0 Å². The van der Waals surface area contributed by atoms with Crippen LogP contribution in [0.25, 0.3) is 0 Å². The Morgan fingerprint density at radius 3 is 2.66 bits per heavy atom. The number of nitrogens with one attached hydrogen (secondary N) is 1. The van der Waals surface area contributed by atoms with E-state index in [1.54, 1.807) is 24.4 Å². The van der Waals surface area contributed by atoms with E-state index < -0.39 is 0 Å². The molecular weight excluding hydrogens is 407 g/mol. The topological polar surface area (TPSA) is 69.0 Å². The summed E-state index contributed by atoms with van der Waals surface area (Å²) in [6, 6.07) is 17.0. The molecule has 0 saturated carbocycles. The molecule has 168 valence electrons. The van der Waals surface area contributed by atoms with E-state index in [0.29, 0.717) is 18.7 Å². The Kier molecular flexibility index (Phi) is 6.37. The Hall–Kier alpha value is -3.06. The first-order chi connectivity index (χ1) is 15.4. The van der Waals surface area contributed by atoms with Crippen LogP contribution in [0.1, 0.15) is 54.7 Å². The van der Waals surface area contributed by atoms with Crippen LogP contribution >= 0.6 is 0 Å². The number of carbonyl (C=O) groups is 1. The maximum Gasteiger partial charge on any atom is 0.273 e. The lowest BCUT2D eigenvalue weighted by Crippen LogP contribution is -2.45. The van der Waals surface area contributed by atoms with Crippen molar-refractivity contribution in [3.05, 3.63) is 83.4 Å². The Morgan fingerprint density at radius 1 is 1.16 bits per heavy atom. The van der Waals surface area contributed by atoms with Crippen molar-refractivity contribution in [1.29, 1.82) is 0 Å². The summed E-state index contributed by atoms with van der Waals surface area (Å²) < 4.78 is 21.3. The van der Waals surface area contributed by atoms with Crippen LogP contribution in [-0.4, -0.2) is 39.7 Å². The summed E-state index contributed by atoms with van der Waals surface area (Å²) in [6.07, 6.45) is 4.15. The molecule has 3 aromatic rings. The second-order valence-electron chi connectivity index (χ2n) is 9.08. The molecule has 0 aliphatic carbocycles. The van der Waals surface area contributed by atoms with E-state index in [0.717, 1.165) is 19.3 Å². The fourth-order valence-electron chi connectivity index (χ4n) is 4.66. The average molecular weight is 437 g/mol. The Balaban J connectivity index is 1.40. The number of amides is 1. The fraction of sp³-hybridized carbons (Fsp3) is 0.400. The smallest absolute Gasteiger partial charge is 0.273 e. The molecule has 2 heterocycles. The molecule has 1 N–H and O–H groups in total. The van der Waals surface area contributed by atoms with Gasteiger partial charge in [-0.25, -0.2) is 9.07 Å². The number of aromatic nitrogens is 3. The maximum atomic E-state index is 13.9. The molecule has 1 aromatic heterocycles. The number of carbonyl (C=O) groups excluding carboxylic acids is 1. The van der Waals surface area contributed by atoms with Crippen molar-refractivity contribution in [2.45, 2.75) is 50.7 Å². The normalized spacial score (nSPS) is 20.1. The Morgan fingerprint density at radius 2 is 1.91 bits per heavy atom. The zero-order valence-corrected chi connectivity index (χ0v) is 18.6. The van der Waals surface area contributed by atoms with Gasteiger partial charge in [0.2, 0.25) is 0 Å². The van der Waals surface area contributed by atoms with Gasteiger partial charge in [-0.15, -0.1) is 5.10 Å².